The minimum atomic E-state index is -0.977. The molecule has 0 aliphatic carbocycles. The number of pyridine rings is 1. The number of amides is 3. The quantitative estimate of drug-likeness (QED) is 0.629. The molecule has 1 aromatic carbocycles. The predicted octanol–water partition coefficient (Wildman–Crippen LogP) is 2.28. The average molecular weight is 393 g/mol. The molecule has 140 valence electrons. The number of carbonyl (C=O) groups excluding carboxylic acids is 3. The van der Waals surface area contributed by atoms with E-state index in [1.807, 2.05) is 18.2 Å². The molecule has 0 radical (unpaired) electrons. The van der Waals surface area contributed by atoms with Crippen LogP contribution in [0.1, 0.15) is 16.8 Å². The molecule has 3 heterocycles. The van der Waals surface area contributed by atoms with Crippen LogP contribution in [0.25, 0.3) is 11.4 Å². The Balaban J connectivity index is 1.42. The largest absolute Gasteiger partial charge is 0.340 e. The summed E-state index contributed by atoms with van der Waals surface area (Å²) >= 11 is 1.26. The zero-order valence-corrected chi connectivity index (χ0v) is 15.3. The van der Waals surface area contributed by atoms with Crippen molar-refractivity contribution in [1.82, 2.24) is 15.3 Å². The fourth-order valence-electron chi connectivity index (χ4n) is 2.77. The van der Waals surface area contributed by atoms with Gasteiger partial charge in [0.1, 0.15) is 11.7 Å². The second-order valence-corrected chi connectivity index (χ2v) is 6.92. The fraction of sp³-hybridized carbons (Fsp3) is 0.105. The summed E-state index contributed by atoms with van der Waals surface area (Å²) in [7, 11) is 0. The van der Waals surface area contributed by atoms with Crippen molar-refractivity contribution < 1.29 is 14.4 Å². The van der Waals surface area contributed by atoms with Gasteiger partial charge in [-0.15, -0.1) is 11.3 Å². The molecular formula is C19H15N5O3S. The number of thiazole rings is 1. The Labute approximate surface area is 164 Å². The van der Waals surface area contributed by atoms with Crippen molar-refractivity contribution in [1.29, 1.82) is 0 Å². The van der Waals surface area contributed by atoms with Crippen LogP contribution in [0.5, 0.6) is 0 Å². The van der Waals surface area contributed by atoms with Crippen LogP contribution in [0.2, 0.25) is 0 Å². The SMILES string of the molecule is O=C(CC1NC(=O)c2ccccc2NC1=O)Nc1nc(-c2ccccn2)cs1. The summed E-state index contributed by atoms with van der Waals surface area (Å²) in [6, 6.07) is 11.2. The number of rotatable bonds is 4. The Kier molecular flexibility index (Phi) is 4.81. The van der Waals surface area contributed by atoms with Crippen LogP contribution < -0.4 is 16.0 Å². The van der Waals surface area contributed by atoms with Crippen LogP contribution in [0.15, 0.2) is 54.0 Å². The molecule has 1 aliphatic rings. The molecular weight excluding hydrogens is 378 g/mol. The van der Waals surface area contributed by atoms with Crippen LogP contribution in [-0.2, 0) is 9.59 Å². The van der Waals surface area contributed by atoms with Gasteiger partial charge in [-0.25, -0.2) is 4.98 Å². The molecule has 0 saturated heterocycles. The lowest BCUT2D eigenvalue weighted by Crippen LogP contribution is -2.43. The van der Waals surface area contributed by atoms with E-state index in [4.69, 9.17) is 0 Å². The molecule has 4 rings (SSSR count). The van der Waals surface area contributed by atoms with Gasteiger partial charge in [0.15, 0.2) is 5.13 Å². The molecule has 9 heteroatoms. The van der Waals surface area contributed by atoms with Crippen LogP contribution in [0.3, 0.4) is 0 Å². The van der Waals surface area contributed by atoms with Crippen LogP contribution in [0.4, 0.5) is 10.8 Å². The van der Waals surface area contributed by atoms with E-state index in [9.17, 15) is 14.4 Å². The van der Waals surface area contributed by atoms with Crippen LogP contribution >= 0.6 is 11.3 Å². The maximum absolute atomic E-state index is 12.4. The van der Waals surface area contributed by atoms with Gasteiger partial charge < -0.3 is 16.0 Å². The zero-order valence-electron chi connectivity index (χ0n) is 14.5. The number of hydrogen-bond acceptors (Lipinski definition) is 6. The summed E-state index contributed by atoms with van der Waals surface area (Å²) < 4.78 is 0. The third kappa shape index (κ3) is 3.74. The van der Waals surface area contributed by atoms with Gasteiger partial charge in [0.05, 0.1) is 23.4 Å². The van der Waals surface area contributed by atoms with E-state index in [0.29, 0.717) is 27.8 Å². The predicted molar refractivity (Wildman–Crippen MR) is 105 cm³/mol. The van der Waals surface area contributed by atoms with Crippen molar-refractivity contribution >= 4 is 39.9 Å². The second-order valence-electron chi connectivity index (χ2n) is 6.07. The fourth-order valence-corrected chi connectivity index (χ4v) is 3.49. The summed E-state index contributed by atoms with van der Waals surface area (Å²) in [6.07, 6.45) is 1.46. The second kappa shape index (κ2) is 7.57. The number of fused-ring (bicyclic) bond motifs is 1. The van der Waals surface area contributed by atoms with E-state index in [2.05, 4.69) is 25.9 Å². The van der Waals surface area contributed by atoms with Crippen molar-refractivity contribution in [3.8, 4) is 11.4 Å². The number of nitrogens with one attached hydrogen (secondary N) is 3. The first kappa shape index (κ1) is 17.8. The topological polar surface area (TPSA) is 113 Å². The summed E-state index contributed by atoms with van der Waals surface area (Å²) in [5.41, 5.74) is 2.14. The van der Waals surface area contributed by atoms with Gasteiger partial charge in [-0.3, -0.25) is 19.4 Å². The number of para-hydroxylation sites is 1. The number of nitrogens with zero attached hydrogens (tertiary/aromatic N) is 2. The van der Waals surface area contributed by atoms with E-state index in [1.165, 1.54) is 11.3 Å². The van der Waals surface area contributed by atoms with Crippen molar-refractivity contribution in [2.75, 3.05) is 10.6 Å². The molecule has 0 saturated carbocycles. The first-order valence-electron chi connectivity index (χ1n) is 8.48. The highest BCUT2D eigenvalue weighted by Crippen LogP contribution is 2.23. The molecule has 0 spiro atoms. The first-order chi connectivity index (χ1) is 13.6. The third-order valence-corrected chi connectivity index (χ3v) is 4.88. The molecule has 3 amide bonds. The molecule has 2 aromatic heterocycles. The molecule has 0 fully saturated rings. The zero-order chi connectivity index (χ0) is 19.5. The lowest BCUT2D eigenvalue weighted by atomic mass is 10.1. The lowest BCUT2D eigenvalue weighted by molar-refractivity contribution is -0.122. The Morgan fingerprint density at radius 3 is 2.75 bits per heavy atom. The summed E-state index contributed by atoms with van der Waals surface area (Å²) in [4.78, 5) is 45.6. The molecule has 3 aromatic rings. The van der Waals surface area contributed by atoms with Crippen LogP contribution in [0, 0.1) is 0 Å². The standard InChI is InChI=1S/C19H15N5O3S/c25-16(24-19-23-15(10-28-19)13-7-3-4-8-20-13)9-14-18(27)21-12-6-2-1-5-11(12)17(26)22-14/h1-8,10,14H,9H2,(H,21,27)(H,22,26)(H,23,24,25). The van der Waals surface area contributed by atoms with Crippen LogP contribution in [-0.4, -0.2) is 33.7 Å². The highest BCUT2D eigenvalue weighted by molar-refractivity contribution is 7.14. The lowest BCUT2D eigenvalue weighted by Gasteiger charge is -2.13. The van der Waals surface area contributed by atoms with E-state index >= 15 is 0 Å². The molecule has 0 bridgehead atoms. The minimum Gasteiger partial charge on any atom is -0.340 e. The summed E-state index contributed by atoms with van der Waals surface area (Å²) in [5.74, 6) is -1.27. The molecule has 1 atom stereocenters. The summed E-state index contributed by atoms with van der Waals surface area (Å²) in [6.45, 7) is 0. The van der Waals surface area contributed by atoms with Gasteiger partial charge in [-0.05, 0) is 24.3 Å². The number of anilines is 2. The Bertz CT molecular complexity index is 1050. The van der Waals surface area contributed by atoms with Crippen molar-refractivity contribution in [3.05, 3.63) is 59.6 Å². The molecule has 1 aliphatic heterocycles. The highest BCUT2D eigenvalue weighted by atomic mass is 32.1. The van der Waals surface area contributed by atoms with Crippen molar-refractivity contribution in [3.63, 3.8) is 0 Å². The van der Waals surface area contributed by atoms with E-state index in [-0.39, 0.29) is 6.42 Å². The summed E-state index contributed by atoms with van der Waals surface area (Å²) in [5, 5.41) is 10.1. The van der Waals surface area contributed by atoms with Gasteiger partial charge in [0, 0.05) is 11.6 Å². The van der Waals surface area contributed by atoms with Gasteiger partial charge in [0.25, 0.3) is 5.91 Å². The third-order valence-electron chi connectivity index (χ3n) is 4.12. The normalized spacial score (nSPS) is 15.8. The maximum Gasteiger partial charge on any atom is 0.254 e. The van der Waals surface area contributed by atoms with Gasteiger partial charge in [-0.2, -0.15) is 0 Å². The smallest absolute Gasteiger partial charge is 0.254 e. The number of benzene rings is 1. The van der Waals surface area contributed by atoms with E-state index in [1.54, 1.807) is 35.8 Å². The van der Waals surface area contributed by atoms with E-state index < -0.39 is 23.8 Å². The molecule has 28 heavy (non-hydrogen) atoms. The molecule has 3 N–H and O–H groups in total. The molecule has 1 unspecified atom stereocenters. The monoisotopic (exact) mass is 393 g/mol. The van der Waals surface area contributed by atoms with Gasteiger partial charge in [0.2, 0.25) is 11.8 Å². The average Bonchev–Trinajstić information content (AvgIpc) is 3.12. The van der Waals surface area contributed by atoms with Crippen molar-refractivity contribution in [2.24, 2.45) is 0 Å². The van der Waals surface area contributed by atoms with Gasteiger partial charge >= 0.3 is 0 Å². The Hall–Kier alpha value is -3.59. The van der Waals surface area contributed by atoms with Crippen molar-refractivity contribution in [2.45, 2.75) is 12.5 Å². The highest BCUT2D eigenvalue weighted by Gasteiger charge is 2.29. The Morgan fingerprint density at radius 1 is 1.11 bits per heavy atom. The number of aromatic nitrogens is 2. The number of hydrogen-bond donors (Lipinski definition) is 3. The van der Waals surface area contributed by atoms with E-state index in [0.717, 1.165) is 0 Å². The maximum atomic E-state index is 12.4. The van der Waals surface area contributed by atoms with Gasteiger partial charge in [-0.1, -0.05) is 18.2 Å². The Morgan fingerprint density at radius 2 is 1.93 bits per heavy atom. The molecule has 8 nitrogen and oxygen atoms in total. The number of carbonyl (C=O) groups is 3. The first-order valence-corrected chi connectivity index (χ1v) is 9.35. The minimum absolute atomic E-state index is 0.204.